The number of hydrogen-bond acceptors (Lipinski definition) is 4. The minimum Gasteiger partial charge on any atom is -0.457 e. The third-order valence-corrected chi connectivity index (χ3v) is 6.97. The number of carbonyl (C=O) groups is 2. The fourth-order valence-corrected chi connectivity index (χ4v) is 6.45. The van der Waals surface area contributed by atoms with Crippen LogP contribution in [0.1, 0.15) is 54.6 Å². The largest absolute Gasteiger partial charge is 0.457 e. The van der Waals surface area contributed by atoms with Gasteiger partial charge in [-0.2, -0.15) is 0 Å². The van der Waals surface area contributed by atoms with Crippen LogP contribution >= 0.6 is 0 Å². The van der Waals surface area contributed by atoms with E-state index in [0.717, 1.165) is 48.7 Å². The van der Waals surface area contributed by atoms with Gasteiger partial charge in [-0.1, -0.05) is 18.2 Å². The lowest BCUT2D eigenvalue weighted by atomic mass is 9.48. The Morgan fingerprint density at radius 3 is 2.59 bits per heavy atom. The maximum atomic E-state index is 13.0. The van der Waals surface area contributed by atoms with Gasteiger partial charge in [-0.25, -0.2) is 0 Å². The lowest BCUT2D eigenvalue weighted by molar-refractivity contribution is -0.195. The van der Waals surface area contributed by atoms with E-state index in [1.54, 1.807) is 0 Å². The van der Waals surface area contributed by atoms with Crippen molar-refractivity contribution in [3.8, 4) is 0 Å². The second-order valence-electron chi connectivity index (χ2n) is 9.14. The van der Waals surface area contributed by atoms with Crippen molar-refractivity contribution < 1.29 is 19.4 Å². The Bertz CT molecular complexity index is 929. The summed E-state index contributed by atoms with van der Waals surface area (Å²) in [4.78, 5) is 29.0. The minimum absolute atomic E-state index is 0.179. The van der Waals surface area contributed by atoms with Crippen molar-refractivity contribution in [1.29, 1.82) is 0 Å². The van der Waals surface area contributed by atoms with Crippen LogP contribution in [-0.2, 0) is 9.53 Å². The lowest BCUT2D eigenvalue weighted by Crippen LogP contribution is -2.58. The van der Waals surface area contributed by atoms with Crippen molar-refractivity contribution >= 4 is 22.7 Å². The van der Waals surface area contributed by atoms with Crippen molar-refractivity contribution in [2.24, 2.45) is 17.3 Å². The number of aromatic amines is 1. The highest BCUT2D eigenvalue weighted by Crippen LogP contribution is 2.61. The Hall–Kier alpha value is -2.14. The third kappa shape index (κ3) is 2.63. The summed E-state index contributed by atoms with van der Waals surface area (Å²) in [6.07, 6.45) is 4.82. The van der Waals surface area contributed by atoms with E-state index in [4.69, 9.17) is 4.74 Å². The number of fused-ring (bicyclic) bond motifs is 1. The molecule has 1 aromatic heterocycles. The number of H-pyrrole nitrogens is 1. The van der Waals surface area contributed by atoms with Gasteiger partial charge in [0, 0.05) is 22.2 Å². The maximum Gasteiger partial charge on any atom is 0.312 e. The van der Waals surface area contributed by atoms with Gasteiger partial charge in [0.05, 0.1) is 11.0 Å². The van der Waals surface area contributed by atoms with Crippen LogP contribution in [-0.4, -0.2) is 34.1 Å². The van der Waals surface area contributed by atoms with Gasteiger partial charge in [0.1, 0.15) is 0 Å². The lowest BCUT2D eigenvalue weighted by Gasteiger charge is -2.58. The molecule has 5 heteroatoms. The molecule has 5 nitrogen and oxygen atoms in total. The van der Waals surface area contributed by atoms with Gasteiger partial charge >= 0.3 is 5.97 Å². The first-order chi connectivity index (χ1) is 12.9. The molecule has 4 saturated carbocycles. The van der Waals surface area contributed by atoms with Gasteiger partial charge < -0.3 is 14.8 Å². The Morgan fingerprint density at radius 2 is 1.89 bits per heavy atom. The highest BCUT2D eigenvalue weighted by molar-refractivity contribution is 6.10. The molecule has 6 rings (SSSR count). The number of ether oxygens (including phenoxy) is 1. The fourth-order valence-electron chi connectivity index (χ4n) is 6.45. The molecule has 0 spiro atoms. The summed E-state index contributed by atoms with van der Waals surface area (Å²) in [6, 6.07) is 7.66. The summed E-state index contributed by atoms with van der Waals surface area (Å²) < 4.78 is 5.55. The summed E-state index contributed by atoms with van der Waals surface area (Å²) in [5.74, 6) is 0.355. The van der Waals surface area contributed by atoms with E-state index >= 15 is 0 Å². The van der Waals surface area contributed by atoms with E-state index in [1.165, 1.54) is 0 Å². The second kappa shape index (κ2) is 5.68. The van der Waals surface area contributed by atoms with Crippen LogP contribution in [0.4, 0.5) is 0 Å². The Morgan fingerprint density at radius 1 is 1.19 bits per heavy atom. The van der Waals surface area contributed by atoms with Crippen LogP contribution in [0.3, 0.4) is 0 Å². The molecule has 4 bridgehead atoms. The van der Waals surface area contributed by atoms with Gasteiger partial charge in [0.2, 0.25) is 5.78 Å². The monoisotopic (exact) mass is 367 g/mol. The number of para-hydroxylation sites is 1. The molecule has 0 aliphatic heterocycles. The quantitative estimate of drug-likeness (QED) is 0.640. The highest BCUT2D eigenvalue weighted by atomic mass is 16.5. The zero-order valence-electron chi connectivity index (χ0n) is 15.6. The fraction of sp³-hybridized carbons (Fsp3) is 0.545. The topological polar surface area (TPSA) is 79.4 Å². The number of carbonyl (C=O) groups excluding carboxylic acids is 2. The number of aromatic nitrogens is 1. The first-order valence-corrected chi connectivity index (χ1v) is 9.88. The predicted molar refractivity (Wildman–Crippen MR) is 100 cm³/mol. The smallest absolute Gasteiger partial charge is 0.312 e. The van der Waals surface area contributed by atoms with Crippen LogP contribution in [0.2, 0.25) is 0 Å². The molecule has 142 valence electrons. The molecule has 0 amide bonds. The minimum atomic E-state index is -0.708. The number of benzene rings is 1. The Kier molecular flexibility index (Phi) is 3.57. The summed E-state index contributed by atoms with van der Waals surface area (Å²) in [6.45, 7) is 1.63. The molecule has 4 aliphatic rings. The Labute approximate surface area is 158 Å². The van der Waals surface area contributed by atoms with Crippen molar-refractivity contribution in [2.75, 3.05) is 6.61 Å². The van der Waals surface area contributed by atoms with Crippen LogP contribution in [0, 0.1) is 24.2 Å². The SMILES string of the molecule is Cc1[nH]c2ccccc2c1C(=O)COC(=O)C12C[C@@H]3C[C@@H](CC(O)(C3)C1)C2. The van der Waals surface area contributed by atoms with Crippen LogP contribution in [0.5, 0.6) is 0 Å². The summed E-state index contributed by atoms with van der Waals surface area (Å²) in [7, 11) is 0. The molecule has 0 radical (unpaired) electrons. The third-order valence-electron chi connectivity index (χ3n) is 6.97. The van der Waals surface area contributed by atoms with E-state index in [1.807, 2.05) is 31.2 Å². The summed E-state index contributed by atoms with van der Waals surface area (Å²) in [5.41, 5.74) is 1.01. The molecule has 1 heterocycles. The number of aliphatic hydroxyl groups is 1. The normalized spacial score (nSPS) is 34.1. The molecule has 0 saturated heterocycles. The molecule has 4 atom stereocenters. The van der Waals surface area contributed by atoms with Crippen molar-refractivity contribution in [2.45, 2.75) is 51.0 Å². The van der Waals surface area contributed by atoms with E-state index < -0.39 is 11.0 Å². The van der Waals surface area contributed by atoms with Crippen LogP contribution in [0.25, 0.3) is 10.9 Å². The second-order valence-corrected chi connectivity index (χ2v) is 9.14. The number of aryl methyl sites for hydroxylation is 1. The van der Waals surface area contributed by atoms with Gasteiger partial charge in [0.15, 0.2) is 6.61 Å². The highest BCUT2D eigenvalue weighted by Gasteiger charge is 2.60. The van der Waals surface area contributed by atoms with E-state index in [2.05, 4.69) is 4.98 Å². The number of ketones is 1. The first-order valence-electron chi connectivity index (χ1n) is 9.88. The van der Waals surface area contributed by atoms with Gasteiger partial charge in [0.25, 0.3) is 0 Å². The number of nitrogens with one attached hydrogen (secondary N) is 1. The first kappa shape index (κ1) is 17.0. The molecule has 2 aromatic rings. The Balaban J connectivity index is 1.33. The van der Waals surface area contributed by atoms with Gasteiger partial charge in [-0.15, -0.1) is 0 Å². The van der Waals surface area contributed by atoms with Gasteiger partial charge in [-0.3, -0.25) is 9.59 Å². The zero-order valence-corrected chi connectivity index (χ0v) is 15.6. The predicted octanol–water partition coefficient (Wildman–Crippen LogP) is 3.53. The average molecular weight is 367 g/mol. The number of Topliss-reactive ketones (excluding diaryl/α,β-unsaturated/α-hetero) is 1. The molecular weight excluding hydrogens is 342 g/mol. The van der Waals surface area contributed by atoms with E-state index in [-0.39, 0.29) is 18.4 Å². The standard InChI is InChI=1S/C22H25NO4/c1-13-19(16-4-2-3-5-17(16)23-13)18(24)11-27-20(25)21-7-14-6-15(8-21)10-22(26,9-14)12-21/h2-5,14-15,23,26H,6-12H2,1H3/t14-,15+,21?,22?. The number of esters is 1. The molecule has 1 aromatic carbocycles. The average Bonchev–Trinajstić information content (AvgIpc) is 2.93. The van der Waals surface area contributed by atoms with Crippen molar-refractivity contribution in [3.05, 3.63) is 35.5 Å². The van der Waals surface area contributed by atoms with Crippen LogP contribution < -0.4 is 0 Å². The number of hydrogen-bond donors (Lipinski definition) is 2. The summed E-state index contributed by atoms with van der Waals surface area (Å²) >= 11 is 0. The molecule has 4 aliphatic carbocycles. The molecule has 2 N–H and O–H groups in total. The molecule has 27 heavy (non-hydrogen) atoms. The molecule has 2 unspecified atom stereocenters. The number of rotatable bonds is 4. The maximum absolute atomic E-state index is 13.0. The van der Waals surface area contributed by atoms with Crippen molar-refractivity contribution in [1.82, 2.24) is 4.98 Å². The molecule has 4 fully saturated rings. The van der Waals surface area contributed by atoms with E-state index in [0.29, 0.717) is 23.8 Å². The molecular formula is C22H25NO4. The van der Waals surface area contributed by atoms with Gasteiger partial charge in [-0.05, 0) is 63.4 Å². The summed E-state index contributed by atoms with van der Waals surface area (Å²) in [5, 5.41) is 11.7. The van der Waals surface area contributed by atoms with Crippen LogP contribution in [0.15, 0.2) is 24.3 Å². The van der Waals surface area contributed by atoms with E-state index in [9.17, 15) is 14.7 Å². The van der Waals surface area contributed by atoms with Crippen molar-refractivity contribution in [3.63, 3.8) is 0 Å². The zero-order chi connectivity index (χ0) is 18.8.